The highest BCUT2D eigenvalue weighted by atomic mass is 32.9. The molecule has 50 valence electrons. The lowest BCUT2D eigenvalue weighted by Crippen LogP contribution is -1.79. The van der Waals surface area contributed by atoms with Crippen molar-refractivity contribution < 1.29 is 9.05 Å². The standard InChI is InChI=1S/C3H9O2PS2/c1-4-6(7,5-2)8-3/h1-3H3. The molecule has 0 bridgehead atoms. The van der Waals surface area contributed by atoms with Crippen molar-refractivity contribution in [2.45, 2.75) is 0 Å². The van der Waals surface area contributed by atoms with Gasteiger partial charge in [0.2, 0.25) is 5.69 Å². The summed E-state index contributed by atoms with van der Waals surface area (Å²) in [5, 5.41) is 0. The van der Waals surface area contributed by atoms with Gasteiger partial charge in [0, 0.05) is 14.2 Å². The molecule has 0 spiro atoms. The molecule has 0 aliphatic heterocycles. The molecule has 0 saturated carbocycles. The highest BCUT2D eigenvalue weighted by Crippen LogP contribution is 2.57. The minimum Gasteiger partial charge on any atom is -0.325 e. The fourth-order valence-electron chi connectivity index (χ4n) is 0.224. The van der Waals surface area contributed by atoms with E-state index in [0.29, 0.717) is 0 Å². The summed E-state index contributed by atoms with van der Waals surface area (Å²) in [7, 11) is 3.14. The smallest absolute Gasteiger partial charge is 0.246 e. The van der Waals surface area contributed by atoms with Crippen LogP contribution in [0.3, 0.4) is 0 Å². The van der Waals surface area contributed by atoms with Crippen LogP contribution in [0.1, 0.15) is 0 Å². The van der Waals surface area contributed by atoms with E-state index in [1.54, 1.807) is 14.2 Å². The zero-order valence-electron chi connectivity index (χ0n) is 5.08. The molecule has 0 heterocycles. The third kappa shape index (κ3) is 2.46. The Morgan fingerprint density at radius 1 is 1.38 bits per heavy atom. The topological polar surface area (TPSA) is 18.5 Å². The summed E-state index contributed by atoms with van der Waals surface area (Å²) < 4.78 is 9.81. The lowest BCUT2D eigenvalue weighted by Gasteiger charge is -2.12. The second-order valence-corrected chi connectivity index (χ2v) is 7.66. The molecule has 0 rings (SSSR count). The molecule has 0 amide bonds. The Morgan fingerprint density at radius 2 is 1.75 bits per heavy atom. The predicted molar refractivity (Wildman–Crippen MR) is 41.8 cm³/mol. The van der Waals surface area contributed by atoms with Gasteiger partial charge < -0.3 is 9.05 Å². The second-order valence-electron chi connectivity index (χ2n) is 0.995. The van der Waals surface area contributed by atoms with Gasteiger partial charge in [-0.3, -0.25) is 0 Å². The van der Waals surface area contributed by atoms with Gasteiger partial charge in [0.25, 0.3) is 0 Å². The average Bonchev–Trinajstić information content (AvgIpc) is 1.87. The molecule has 0 unspecified atom stereocenters. The van der Waals surface area contributed by atoms with Crippen LogP contribution in [0.25, 0.3) is 0 Å². The van der Waals surface area contributed by atoms with Crippen molar-refractivity contribution in [1.29, 1.82) is 0 Å². The third-order valence-corrected chi connectivity index (χ3v) is 6.48. The van der Waals surface area contributed by atoms with Gasteiger partial charge in [-0.05, 0) is 18.1 Å². The molecule has 8 heavy (non-hydrogen) atoms. The Hall–Kier alpha value is 0.920. The van der Waals surface area contributed by atoms with Gasteiger partial charge in [-0.2, -0.15) is 0 Å². The minimum atomic E-state index is -1.91. The van der Waals surface area contributed by atoms with Gasteiger partial charge in [-0.1, -0.05) is 11.4 Å². The van der Waals surface area contributed by atoms with Crippen molar-refractivity contribution in [3.8, 4) is 0 Å². The van der Waals surface area contributed by atoms with Crippen molar-refractivity contribution >= 4 is 28.9 Å². The number of rotatable bonds is 3. The molecular formula is C3H9O2PS2. The van der Waals surface area contributed by atoms with E-state index in [4.69, 9.17) is 20.9 Å². The summed E-state index contributed by atoms with van der Waals surface area (Å²) in [6.45, 7) is 0. The van der Waals surface area contributed by atoms with E-state index in [1.165, 1.54) is 11.4 Å². The van der Waals surface area contributed by atoms with Crippen LogP contribution in [-0.2, 0) is 20.9 Å². The lowest BCUT2D eigenvalue weighted by atomic mass is 11.8. The van der Waals surface area contributed by atoms with Crippen molar-refractivity contribution in [2.75, 3.05) is 20.5 Å². The van der Waals surface area contributed by atoms with Crippen molar-refractivity contribution in [3.05, 3.63) is 0 Å². The van der Waals surface area contributed by atoms with Gasteiger partial charge in [0.15, 0.2) is 0 Å². The monoisotopic (exact) mass is 172 g/mol. The van der Waals surface area contributed by atoms with Crippen molar-refractivity contribution in [2.24, 2.45) is 0 Å². The van der Waals surface area contributed by atoms with Crippen LogP contribution in [-0.4, -0.2) is 20.5 Å². The molecule has 5 heteroatoms. The van der Waals surface area contributed by atoms with E-state index in [9.17, 15) is 0 Å². The van der Waals surface area contributed by atoms with Crippen LogP contribution in [0.4, 0.5) is 0 Å². The first-order chi connectivity index (χ1) is 3.68. The quantitative estimate of drug-likeness (QED) is 0.605. The van der Waals surface area contributed by atoms with Crippen molar-refractivity contribution in [3.63, 3.8) is 0 Å². The summed E-state index contributed by atoms with van der Waals surface area (Å²) in [5.74, 6) is 0. The molecule has 0 aromatic carbocycles. The van der Waals surface area contributed by atoms with Gasteiger partial charge in [-0.25, -0.2) is 0 Å². The van der Waals surface area contributed by atoms with Crippen LogP contribution < -0.4 is 0 Å². The average molecular weight is 172 g/mol. The second kappa shape index (κ2) is 3.85. The Labute approximate surface area is 58.9 Å². The largest absolute Gasteiger partial charge is 0.325 e. The molecule has 0 aromatic heterocycles. The Kier molecular flexibility index (Phi) is 4.30. The Balaban J connectivity index is 3.79. The van der Waals surface area contributed by atoms with Crippen LogP contribution in [0.15, 0.2) is 0 Å². The Bertz CT molecular complexity index is 86.4. The molecule has 0 radical (unpaired) electrons. The maximum absolute atomic E-state index is 4.94. The molecule has 0 aliphatic rings. The maximum Gasteiger partial charge on any atom is 0.246 e. The maximum atomic E-state index is 4.94. The summed E-state index contributed by atoms with van der Waals surface area (Å²) in [4.78, 5) is 0. The molecule has 0 atom stereocenters. The first-order valence-corrected chi connectivity index (χ1v) is 6.42. The van der Waals surface area contributed by atoms with E-state index in [0.717, 1.165) is 0 Å². The summed E-state index contributed by atoms with van der Waals surface area (Å²) in [6.07, 6.45) is 1.88. The fraction of sp³-hybridized carbons (Fsp3) is 1.00. The normalized spacial score (nSPS) is 11.9. The van der Waals surface area contributed by atoms with E-state index >= 15 is 0 Å². The first kappa shape index (κ1) is 8.92. The molecule has 0 aromatic rings. The van der Waals surface area contributed by atoms with Gasteiger partial charge in [0.1, 0.15) is 0 Å². The Morgan fingerprint density at radius 3 is 1.75 bits per heavy atom. The summed E-state index contributed by atoms with van der Waals surface area (Å²) in [5.41, 5.74) is -1.91. The summed E-state index contributed by atoms with van der Waals surface area (Å²) >= 11 is 6.39. The zero-order chi connectivity index (χ0) is 6.62. The van der Waals surface area contributed by atoms with Crippen molar-refractivity contribution in [1.82, 2.24) is 0 Å². The number of hydrogen-bond acceptors (Lipinski definition) is 4. The molecular weight excluding hydrogens is 163 g/mol. The minimum absolute atomic E-state index is 1.45. The molecule has 2 nitrogen and oxygen atoms in total. The zero-order valence-corrected chi connectivity index (χ0v) is 7.61. The van der Waals surface area contributed by atoms with E-state index in [1.807, 2.05) is 6.26 Å². The van der Waals surface area contributed by atoms with E-state index in [-0.39, 0.29) is 0 Å². The molecule has 0 aliphatic carbocycles. The lowest BCUT2D eigenvalue weighted by molar-refractivity contribution is 0.354. The molecule has 0 fully saturated rings. The molecule has 0 N–H and O–H groups in total. The number of hydrogen-bond donors (Lipinski definition) is 0. The van der Waals surface area contributed by atoms with Crippen LogP contribution in [0.5, 0.6) is 0 Å². The van der Waals surface area contributed by atoms with E-state index in [2.05, 4.69) is 0 Å². The van der Waals surface area contributed by atoms with Crippen LogP contribution in [0.2, 0.25) is 0 Å². The van der Waals surface area contributed by atoms with Crippen LogP contribution >= 0.6 is 17.1 Å². The van der Waals surface area contributed by atoms with E-state index < -0.39 is 5.69 Å². The highest BCUT2D eigenvalue weighted by molar-refractivity contribution is 8.67. The van der Waals surface area contributed by atoms with Gasteiger partial charge in [-0.15, -0.1) is 0 Å². The van der Waals surface area contributed by atoms with Gasteiger partial charge in [0.05, 0.1) is 0 Å². The predicted octanol–water partition coefficient (Wildman–Crippen LogP) is 1.87. The SMILES string of the molecule is COP(=S)(OC)SC. The summed E-state index contributed by atoms with van der Waals surface area (Å²) in [6, 6.07) is 0. The first-order valence-electron chi connectivity index (χ1n) is 1.96. The van der Waals surface area contributed by atoms with Crippen LogP contribution in [0, 0.1) is 0 Å². The highest BCUT2D eigenvalue weighted by Gasteiger charge is 2.10. The third-order valence-electron chi connectivity index (χ3n) is 0.671. The fourth-order valence-corrected chi connectivity index (χ4v) is 1.57. The molecule has 0 saturated heterocycles. The van der Waals surface area contributed by atoms with Gasteiger partial charge >= 0.3 is 0 Å².